The van der Waals surface area contributed by atoms with E-state index in [1.54, 1.807) is 0 Å². The van der Waals surface area contributed by atoms with Gasteiger partial charge in [0.05, 0.1) is 5.60 Å². The molecule has 0 aromatic heterocycles. The van der Waals surface area contributed by atoms with Crippen LogP contribution in [0, 0.1) is 24.5 Å². The summed E-state index contributed by atoms with van der Waals surface area (Å²) in [6.45, 7) is 6.74. The van der Waals surface area contributed by atoms with Gasteiger partial charge in [0, 0.05) is 5.56 Å². The zero-order valence-electron chi connectivity index (χ0n) is 10.1. The molecule has 2 unspecified atom stereocenters. The number of aryl methyl sites for hydroxylation is 1. The molecular weight excluding hydrogens is 210 g/mol. The van der Waals surface area contributed by atoms with Gasteiger partial charge in [0.15, 0.2) is 11.6 Å². The van der Waals surface area contributed by atoms with Crippen molar-refractivity contribution in [2.75, 3.05) is 0 Å². The number of hydrogen-bond donors (Lipinski definition) is 1. The monoisotopic (exact) mass is 228 g/mol. The molecular formula is C13H18F2O. The molecule has 0 radical (unpaired) electrons. The van der Waals surface area contributed by atoms with Crippen LogP contribution in [0.4, 0.5) is 8.78 Å². The lowest BCUT2D eigenvalue weighted by Crippen LogP contribution is -2.31. The Morgan fingerprint density at radius 2 is 1.88 bits per heavy atom. The molecule has 0 aliphatic carbocycles. The lowest BCUT2D eigenvalue weighted by molar-refractivity contribution is -0.00372. The van der Waals surface area contributed by atoms with Crippen molar-refractivity contribution in [2.45, 2.75) is 39.7 Å². The standard InChI is InChI=1S/C13H18F2O/c1-5-9(3)13(4,16)10-7-6-8(2)11(14)12(10)15/h6-7,9,16H,5H2,1-4H3. The summed E-state index contributed by atoms with van der Waals surface area (Å²) in [4.78, 5) is 0. The molecule has 0 amide bonds. The number of aliphatic hydroxyl groups is 1. The molecule has 90 valence electrons. The normalized spacial score (nSPS) is 16.9. The Morgan fingerprint density at radius 1 is 1.31 bits per heavy atom. The highest BCUT2D eigenvalue weighted by Gasteiger charge is 2.33. The van der Waals surface area contributed by atoms with Crippen LogP contribution in [0.25, 0.3) is 0 Å². The highest BCUT2D eigenvalue weighted by molar-refractivity contribution is 5.29. The van der Waals surface area contributed by atoms with Gasteiger partial charge in [-0.2, -0.15) is 0 Å². The maximum Gasteiger partial charge on any atom is 0.165 e. The molecule has 1 aromatic carbocycles. The van der Waals surface area contributed by atoms with Crippen molar-refractivity contribution in [3.05, 3.63) is 34.9 Å². The molecule has 0 spiro atoms. The van der Waals surface area contributed by atoms with Gasteiger partial charge in [-0.3, -0.25) is 0 Å². The van der Waals surface area contributed by atoms with Crippen LogP contribution in [-0.4, -0.2) is 5.11 Å². The van der Waals surface area contributed by atoms with E-state index in [2.05, 4.69) is 0 Å². The summed E-state index contributed by atoms with van der Waals surface area (Å²) in [5.74, 6) is -1.95. The third-order valence-electron chi connectivity index (χ3n) is 3.39. The van der Waals surface area contributed by atoms with E-state index in [0.29, 0.717) is 6.42 Å². The minimum atomic E-state index is -1.34. The third-order valence-corrected chi connectivity index (χ3v) is 3.39. The first-order valence-electron chi connectivity index (χ1n) is 5.49. The van der Waals surface area contributed by atoms with Gasteiger partial charge in [0.2, 0.25) is 0 Å². The summed E-state index contributed by atoms with van der Waals surface area (Å²) in [5, 5.41) is 10.2. The van der Waals surface area contributed by atoms with E-state index in [1.807, 2.05) is 13.8 Å². The van der Waals surface area contributed by atoms with Crippen LogP contribution < -0.4 is 0 Å². The predicted molar refractivity (Wildman–Crippen MR) is 60.1 cm³/mol. The molecule has 0 bridgehead atoms. The topological polar surface area (TPSA) is 20.2 Å². The summed E-state index contributed by atoms with van der Waals surface area (Å²) in [6.07, 6.45) is 0.696. The first-order chi connectivity index (χ1) is 7.32. The SMILES string of the molecule is CCC(C)C(C)(O)c1ccc(C)c(F)c1F. The Labute approximate surface area is 95.1 Å². The van der Waals surface area contributed by atoms with Crippen molar-refractivity contribution >= 4 is 0 Å². The number of benzene rings is 1. The second kappa shape index (κ2) is 4.50. The second-order valence-corrected chi connectivity index (χ2v) is 4.51. The molecule has 0 saturated heterocycles. The van der Waals surface area contributed by atoms with Gasteiger partial charge < -0.3 is 5.11 Å². The quantitative estimate of drug-likeness (QED) is 0.839. The van der Waals surface area contributed by atoms with E-state index < -0.39 is 17.2 Å². The van der Waals surface area contributed by atoms with Crippen LogP contribution in [-0.2, 0) is 5.60 Å². The van der Waals surface area contributed by atoms with E-state index in [4.69, 9.17) is 0 Å². The van der Waals surface area contributed by atoms with Crippen molar-refractivity contribution in [2.24, 2.45) is 5.92 Å². The summed E-state index contributed by atoms with van der Waals surface area (Å²) >= 11 is 0. The molecule has 0 aliphatic rings. The van der Waals surface area contributed by atoms with Crippen molar-refractivity contribution in [1.29, 1.82) is 0 Å². The van der Waals surface area contributed by atoms with Crippen LogP contribution >= 0.6 is 0 Å². The van der Waals surface area contributed by atoms with Gasteiger partial charge in [0.25, 0.3) is 0 Å². The van der Waals surface area contributed by atoms with Gasteiger partial charge >= 0.3 is 0 Å². The molecule has 0 heterocycles. The predicted octanol–water partition coefficient (Wildman–Crippen LogP) is 3.53. The molecule has 2 atom stereocenters. The Bertz CT molecular complexity index is 386. The van der Waals surface area contributed by atoms with Crippen molar-refractivity contribution in [1.82, 2.24) is 0 Å². The molecule has 16 heavy (non-hydrogen) atoms. The average molecular weight is 228 g/mol. The van der Waals surface area contributed by atoms with Crippen LogP contribution in [0.1, 0.15) is 38.3 Å². The van der Waals surface area contributed by atoms with Gasteiger partial charge in [0.1, 0.15) is 0 Å². The molecule has 3 heteroatoms. The third kappa shape index (κ3) is 2.09. The first-order valence-corrected chi connectivity index (χ1v) is 5.49. The fraction of sp³-hybridized carbons (Fsp3) is 0.538. The lowest BCUT2D eigenvalue weighted by Gasteiger charge is -2.30. The van der Waals surface area contributed by atoms with Crippen molar-refractivity contribution in [3.63, 3.8) is 0 Å². The second-order valence-electron chi connectivity index (χ2n) is 4.51. The summed E-state index contributed by atoms with van der Waals surface area (Å²) < 4.78 is 27.1. The largest absolute Gasteiger partial charge is 0.385 e. The van der Waals surface area contributed by atoms with Gasteiger partial charge in [-0.15, -0.1) is 0 Å². The Morgan fingerprint density at radius 3 is 2.38 bits per heavy atom. The molecule has 0 aliphatic heterocycles. The summed E-state index contributed by atoms with van der Waals surface area (Å²) in [6, 6.07) is 2.95. The molecule has 1 aromatic rings. The Hall–Kier alpha value is -0.960. The van der Waals surface area contributed by atoms with Crippen LogP contribution in [0.2, 0.25) is 0 Å². The van der Waals surface area contributed by atoms with Crippen molar-refractivity contribution in [3.8, 4) is 0 Å². The van der Waals surface area contributed by atoms with E-state index >= 15 is 0 Å². The number of hydrogen-bond acceptors (Lipinski definition) is 1. The Balaban J connectivity index is 3.29. The zero-order valence-corrected chi connectivity index (χ0v) is 10.1. The van der Waals surface area contributed by atoms with Crippen LogP contribution in [0.15, 0.2) is 12.1 Å². The summed E-state index contributed by atoms with van der Waals surface area (Å²) in [5.41, 5.74) is -1.06. The fourth-order valence-corrected chi connectivity index (χ4v) is 1.70. The molecule has 0 saturated carbocycles. The highest BCUT2D eigenvalue weighted by atomic mass is 19.2. The lowest BCUT2D eigenvalue weighted by atomic mass is 9.82. The Kier molecular flexibility index (Phi) is 3.68. The van der Waals surface area contributed by atoms with E-state index in [0.717, 1.165) is 0 Å². The number of rotatable bonds is 3. The van der Waals surface area contributed by atoms with E-state index in [9.17, 15) is 13.9 Å². The van der Waals surface area contributed by atoms with Crippen LogP contribution in [0.5, 0.6) is 0 Å². The fourth-order valence-electron chi connectivity index (χ4n) is 1.70. The molecule has 1 rings (SSSR count). The van der Waals surface area contributed by atoms with Gasteiger partial charge in [-0.25, -0.2) is 8.78 Å². The maximum atomic E-state index is 13.7. The number of halogens is 2. The van der Waals surface area contributed by atoms with Crippen LogP contribution in [0.3, 0.4) is 0 Å². The molecule has 0 fully saturated rings. The summed E-state index contributed by atoms with van der Waals surface area (Å²) in [7, 11) is 0. The van der Waals surface area contributed by atoms with E-state index in [-0.39, 0.29) is 17.0 Å². The minimum absolute atomic E-state index is 0.0324. The van der Waals surface area contributed by atoms with Crippen molar-refractivity contribution < 1.29 is 13.9 Å². The smallest absolute Gasteiger partial charge is 0.165 e. The van der Waals surface area contributed by atoms with E-state index in [1.165, 1.54) is 26.0 Å². The van der Waals surface area contributed by atoms with Gasteiger partial charge in [-0.05, 0) is 25.3 Å². The minimum Gasteiger partial charge on any atom is -0.385 e. The molecule has 1 nitrogen and oxygen atoms in total. The van der Waals surface area contributed by atoms with Gasteiger partial charge in [-0.1, -0.05) is 32.4 Å². The average Bonchev–Trinajstić information content (AvgIpc) is 2.24. The molecule has 1 N–H and O–H groups in total. The highest BCUT2D eigenvalue weighted by Crippen LogP contribution is 2.34. The zero-order chi connectivity index (χ0) is 12.5. The first kappa shape index (κ1) is 13.1. The maximum absolute atomic E-state index is 13.7.